The summed E-state index contributed by atoms with van der Waals surface area (Å²) in [5, 5.41) is 9.41. The smallest absolute Gasteiger partial charge is 0.416 e. The Morgan fingerprint density at radius 2 is 1.88 bits per heavy atom. The number of benzene rings is 2. The summed E-state index contributed by atoms with van der Waals surface area (Å²) in [5.41, 5.74) is 8.12. The van der Waals surface area contributed by atoms with Gasteiger partial charge in [-0.3, -0.25) is 19.3 Å². The van der Waals surface area contributed by atoms with E-state index in [4.69, 9.17) is 15.2 Å². The molecule has 0 aliphatic carbocycles. The molecule has 2 fully saturated rings. The van der Waals surface area contributed by atoms with Gasteiger partial charge in [-0.1, -0.05) is 38.1 Å². The standard InChI is InChI=1S/C31H38N6O6/c1-17(2)14-23(36-30(40)24-16-20-21(34-24)10-7-11-25(20)42-3)29(39)35-22(15-18-12-13-33-28(18)38)26-27(32)37(31(41)43-26)19-8-5-4-6-9-19/h4-11,16-18,22-23,26-27,34H,12-15,32H2,1-3H3,(H,33,38)(H,35,39)(H,36,40). The molecule has 3 heterocycles. The second-order valence-electron chi connectivity index (χ2n) is 11.4. The number of amides is 4. The van der Waals surface area contributed by atoms with Crippen LogP contribution in [0.4, 0.5) is 10.5 Å². The van der Waals surface area contributed by atoms with Crippen LogP contribution in [-0.2, 0) is 14.3 Å². The number of anilines is 1. The number of ether oxygens (including phenoxy) is 2. The van der Waals surface area contributed by atoms with Gasteiger partial charge < -0.3 is 36.1 Å². The van der Waals surface area contributed by atoms with Gasteiger partial charge >= 0.3 is 6.09 Å². The molecule has 1 aromatic heterocycles. The number of methoxy groups -OCH3 is 1. The number of aromatic amines is 1. The summed E-state index contributed by atoms with van der Waals surface area (Å²) in [6, 6.07) is 14.3. The molecule has 5 unspecified atom stereocenters. The molecule has 0 radical (unpaired) electrons. The third kappa shape index (κ3) is 6.43. The zero-order chi connectivity index (χ0) is 30.7. The number of nitrogens with zero attached hydrogens (tertiary/aromatic N) is 1. The maximum absolute atomic E-state index is 13.8. The van der Waals surface area contributed by atoms with Crippen LogP contribution in [0, 0.1) is 11.8 Å². The lowest BCUT2D eigenvalue weighted by atomic mass is 9.93. The molecule has 2 aromatic carbocycles. The minimum Gasteiger partial charge on any atom is -0.496 e. The second kappa shape index (κ2) is 12.7. The lowest BCUT2D eigenvalue weighted by molar-refractivity contribution is -0.126. The maximum atomic E-state index is 13.8. The number of H-pyrrole nitrogens is 1. The van der Waals surface area contributed by atoms with Gasteiger partial charge in [0, 0.05) is 29.1 Å². The van der Waals surface area contributed by atoms with Crippen molar-refractivity contribution in [2.75, 3.05) is 18.6 Å². The van der Waals surface area contributed by atoms with Crippen molar-refractivity contribution in [2.24, 2.45) is 17.6 Å². The summed E-state index contributed by atoms with van der Waals surface area (Å²) >= 11 is 0. The maximum Gasteiger partial charge on any atom is 0.416 e. The molecule has 3 aromatic rings. The molecule has 4 amide bonds. The van der Waals surface area contributed by atoms with E-state index < -0.39 is 42.3 Å². The summed E-state index contributed by atoms with van der Waals surface area (Å²) < 4.78 is 11.1. The number of hydrogen-bond acceptors (Lipinski definition) is 7. The number of fused-ring (bicyclic) bond motifs is 1. The predicted molar refractivity (Wildman–Crippen MR) is 160 cm³/mol. The number of carbonyl (C=O) groups excluding carboxylic acids is 4. The van der Waals surface area contributed by atoms with Crippen LogP contribution in [0.3, 0.4) is 0 Å². The Hall–Kier alpha value is -4.58. The van der Waals surface area contributed by atoms with Crippen molar-refractivity contribution in [2.45, 2.75) is 57.5 Å². The second-order valence-corrected chi connectivity index (χ2v) is 11.4. The Morgan fingerprint density at radius 1 is 1.12 bits per heavy atom. The normalized spacial score (nSPS) is 21.4. The Bertz CT molecular complexity index is 1490. The molecule has 12 heteroatoms. The fraction of sp³-hybridized carbons (Fsp3) is 0.419. The van der Waals surface area contributed by atoms with Gasteiger partial charge in [-0.05, 0) is 55.5 Å². The van der Waals surface area contributed by atoms with E-state index in [0.29, 0.717) is 30.8 Å². The van der Waals surface area contributed by atoms with E-state index in [1.54, 1.807) is 43.5 Å². The number of aromatic nitrogens is 1. The lowest BCUT2D eigenvalue weighted by Crippen LogP contribution is -2.57. The van der Waals surface area contributed by atoms with Crippen LogP contribution < -0.4 is 31.3 Å². The highest BCUT2D eigenvalue weighted by atomic mass is 16.6. The number of nitrogens with two attached hydrogens (primary N) is 1. The number of rotatable bonds is 11. The largest absolute Gasteiger partial charge is 0.496 e. The molecule has 12 nitrogen and oxygen atoms in total. The van der Waals surface area contributed by atoms with Crippen LogP contribution in [0.1, 0.15) is 43.6 Å². The molecule has 2 saturated heterocycles. The van der Waals surface area contributed by atoms with Gasteiger partial charge in [-0.2, -0.15) is 0 Å². The van der Waals surface area contributed by atoms with Crippen molar-refractivity contribution in [3.8, 4) is 5.75 Å². The zero-order valence-corrected chi connectivity index (χ0v) is 24.5. The first-order valence-corrected chi connectivity index (χ1v) is 14.5. The first kappa shape index (κ1) is 29.9. The fourth-order valence-corrected chi connectivity index (χ4v) is 5.80. The summed E-state index contributed by atoms with van der Waals surface area (Å²) in [6.45, 7) is 4.43. The Kier molecular flexibility index (Phi) is 8.86. The van der Waals surface area contributed by atoms with E-state index in [0.717, 1.165) is 10.9 Å². The number of hydrogen-bond donors (Lipinski definition) is 5. The summed E-state index contributed by atoms with van der Waals surface area (Å²) in [4.78, 5) is 57.1. The monoisotopic (exact) mass is 590 g/mol. The van der Waals surface area contributed by atoms with Gasteiger partial charge in [0.2, 0.25) is 11.8 Å². The van der Waals surface area contributed by atoms with E-state index in [1.807, 2.05) is 32.0 Å². The van der Waals surface area contributed by atoms with Crippen molar-refractivity contribution in [1.29, 1.82) is 0 Å². The summed E-state index contributed by atoms with van der Waals surface area (Å²) in [5.74, 6) is -0.738. The minimum absolute atomic E-state index is 0.0676. The van der Waals surface area contributed by atoms with Crippen LogP contribution in [0.2, 0.25) is 0 Å². The van der Waals surface area contributed by atoms with E-state index in [9.17, 15) is 19.2 Å². The summed E-state index contributed by atoms with van der Waals surface area (Å²) in [7, 11) is 1.56. The van der Waals surface area contributed by atoms with Gasteiger partial charge in [0.1, 0.15) is 23.7 Å². The molecule has 43 heavy (non-hydrogen) atoms. The van der Waals surface area contributed by atoms with Gasteiger partial charge in [0.25, 0.3) is 5.91 Å². The van der Waals surface area contributed by atoms with Gasteiger partial charge in [-0.25, -0.2) is 4.79 Å². The SMILES string of the molecule is COc1cccc2[nH]c(C(=O)NC(CC(C)C)C(=O)NC(CC3CCNC3=O)C3OC(=O)N(c4ccccc4)C3N)cc12. The third-order valence-electron chi connectivity index (χ3n) is 7.95. The minimum atomic E-state index is -0.929. The molecule has 6 N–H and O–H groups in total. The first-order chi connectivity index (χ1) is 20.7. The Labute approximate surface area is 249 Å². The van der Waals surface area contributed by atoms with E-state index in [1.165, 1.54) is 4.90 Å². The highest BCUT2D eigenvalue weighted by molar-refractivity contribution is 6.01. The van der Waals surface area contributed by atoms with Crippen LogP contribution >= 0.6 is 0 Å². The van der Waals surface area contributed by atoms with Crippen LogP contribution in [0.25, 0.3) is 10.9 Å². The van der Waals surface area contributed by atoms with Crippen molar-refractivity contribution in [3.63, 3.8) is 0 Å². The summed E-state index contributed by atoms with van der Waals surface area (Å²) in [6.07, 6.45) is -1.33. The highest BCUT2D eigenvalue weighted by Crippen LogP contribution is 2.30. The molecule has 2 aliphatic heterocycles. The van der Waals surface area contributed by atoms with E-state index in [-0.39, 0.29) is 29.9 Å². The van der Waals surface area contributed by atoms with Crippen molar-refractivity contribution < 1.29 is 28.7 Å². The van der Waals surface area contributed by atoms with Crippen LogP contribution in [0.5, 0.6) is 5.75 Å². The number of para-hydroxylation sites is 1. The van der Waals surface area contributed by atoms with Gasteiger partial charge in [0.15, 0.2) is 6.10 Å². The zero-order valence-electron chi connectivity index (χ0n) is 24.5. The average molecular weight is 591 g/mol. The number of cyclic esters (lactones) is 1. The fourth-order valence-electron chi connectivity index (χ4n) is 5.80. The predicted octanol–water partition coefficient (Wildman–Crippen LogP) is 2.64. The van der Waals surface area contributed by atoms with Gasteiger partial charge in [0.05, 0.1) is 13.2 Å². The molecule has 2 aliphatic rings. The Balaban J connectivity index is 1.37. The lowest BCUT2D eigenvalue weighted by Gasteiger charge is -2.30. The number of carbonyl (C=O) groups is 4. The quantitative estimate of drug-likeness (QED) is 0.229. The van der Waals surface area contributed by atoms with Crippen molar-refractivity contribution >= 4 is 40.4 Å². The van der Waals surface area contributed by atoms with E-state index >= 15 is 0 Å². The average Bonchev–Trinajstić information content (AvgIpc) is 3.68. The van der Waals surface area contributed by atoms with Gasteiger partial charge in [-0.15, -0.1) is 0 Å². The number of nitrogens with one attached hydrogen (secondary N) is 4. The molecule has 5 atom stereocenters. The molecule has 5 rings (SSSR count). The molecule has 0 bridgehead atoms. The topological polar surface area (TPSA) is 168 Å². The molecule has 0 saturated carbocycles. The molecular formula is C31H38N6O6. The molecule has 228 valence electrons. The molecule has 0 spiro atoms. The Morgan fingerprint density at radius 3 is 2.56 bits per heavy atom. The third-order valence-corrected chi connectivity index (χ3v) is 7.95. The van der Waals surface area contributed by atoms with Crippen LogP contribution in [0.15, 0.2) is 54.6 Å². The van der Waals surface area contributed by atoms with Crippen molar-refractivity contribution in [1.82, 2.24) is 20.9 Å². The highest BCUT2D eigenvalue weighted by Gasteiger charge is 2.47. The molecular weight excluding hydrogens is 552 g/mol. The van der Waals surface area contributed by atoms with Crippen LogP contribution in [-0.4, -0.2) is 66.8 Å². The van der Waals surface area contributed by atoms with E-state index in [2.05, 4.69) is 20.9 Å². The van der Waals surface area contributed by atoms with Crippen molar-refractivity contribution in [3.05, 3.63) is 60.3 Å². The first-order valence-electron chi connectivity index (χ1n) is 14.5.